The Kier molecular flexibility index (Phi) is 1.23. The van der Waals surface area contributed by atoms with E-state index in [0.717, 1.165) is 12.5 Å². The molecule has 0 aliphatic carbocycles. The quantitative estimate of drug-likeness (QED) is 0.493. The Morgan fingerprint density at radius 3 is 2.88 bits per heavy atom. The Morgan fingerprint density at radius 2 is 2.38 bits per heavy atom. The van der Waals surface area contributed by atoms with Gasteiger partial charge in [0.2, 0.25) is 0 Å². The summed E-state index contributed by atoms with van der Waals surface area (Å²) in [5.41, 5.74) is 0. The number of hydrogen-bond donors (Lipinski definition) is 0. The number of epoxide rings is 1. The Bertz CT molecular complexity index is 84.5. The van der Waals surface area contributed by atoms with Crippen LogP contribution in [0.4, 0.5) is 0 Å². The number of thioether (sulfide) groups is 1. The molecule has 2 aliphatic rings. The molecule has 0 N–H and O–H groups in total. The third kappa shape index (κ3) is 0.869. The number of hydrogen-bond acceptors (Lipinski definition) is 2. The topological polar surface area (TPSA) is 12.5 Å². The summed E-state index contributed by atoms with van der Waals surface area (Å²) in [7, 11) is 0. The molecule has 46 valence electrons. The third-order valence-electron chi connectivity index (χ3n) is 1.85. The van der Waals surface area contributed by atoms with Crippen molar-refractivity contribution >= 4 is 11.8 Å². The molecular formula is C6H10OS. The van der Waals surface area contributed by atoms with Crippen molar-refractivity contribution in [1.29, 1.82) is 0 Å². The maximum absolute atomic E-state index is 5.18. The summed E-state index contributed by atoms with van der Waals surface area (Å²) < 4.78 is 5.18. The van der Waals surface area contributed by atoms with Crippen LogP contribution in [0.5, 0.6) is 0 Å². The van der Waals surface area contributed by atoms with Crippen LogP contribution < -0.4 is 0 Å². The fraction of sp³-hybridized carbons (Fsp3) is 1.00. The van der Waals surface area contributed by atoms with Gasteiger partial charge in [-0.15, -0.1) is 0 Å². The highest BCUT2D eigenvalue weighted by molar-refractivity contribution is 7.99. The lowest BCUT2D eigenvalue weighted by Gasteiger charge is -1.98. The molecular weight excluding hydrogens is 120 g/mol. The lowest BCUT2D eigenvalue weighted by molar-refractivity contribution is 0.346. The summed E-state index contributed by atoms with van der Waals surface area (Å²) in [4.78, 5) is 0. The molecule has 2 heterocycles. The first-order valence-corrected chi connectivity index (χ1v) is 4.31. The summed E-state index contributed by atoms with van der Waals surface area (Å²) in [5, 5.41) is 0. The first-order valence-electron chi connectivity index (χ1n) is 3.16. The molecule has 0 aromatic heterocycles. The first kappa shape index (κ1) is 5.12. The fourth-order valence-corrected chi connectivity index (χ4v) is 2.49. The van der Waals surface area contributed by atoms with Crippen LogP contribution in [-0.2, 0) is 4.74 Å². The molecule has 2 heteroatoms. The van der Waals surface area contributed by atoms with Gasteiger partial charge in [0.25, 0.3) is 0 Å². The SMILES string of the molecule is C1CC([C@H]2CO2)CS1. The molecule has 2 fully saturated rings. The van der Waals surface area contributed by atoms with Crippen molar-refractivity contribution in [3.63, 3.8) is 0 Å². The van der Waals surface area contributed by atoms with Crippen molar-refractivity contribution in [2.75, 3.05) is 18.1 Å². The molecule has 1 nitrogen and oxygen atoms in total. The molecule has 0 aromatic carbocycles. The van der Waals surface area contributed by atoms with Crippen LogP contribution in [0.25, 0.3) is 0 Å². The maximum atomic E-state index is 5.18. The van der Waals surface area contributed by atoms with E-state index in [-0.39, 0.29) is 0 Å². The molecule has 0 radical (unpaired) electrons. The smallest absolute Gasteiger partial charge is 0.0846 e. The monoisotopic (exact) mass is 130 g/mol. The van der Waals surface area contributed by atoms with E-state index < -0.39 is 0 Å². The predicted molar refractivity (Wildman–Crippen MR) is 35.2 cm³/mol. The zero-order valence-electron chi connectivity index (χ0n) is 4.80. The van der Waals surface area contributed by atoms with E-state index in [0.29, 0.717) is 6.10 Å². The third-order valence-corrected chi connectivity index (χ3v) is 3.04. The Balaban J connectivity index is 1.86. The van der Waals surface area contributed by atoms with Crippen LogP contribution in [-0.4, -0.2) is 24.2 Å². The molecule has 0 saturated carbocycles. The summed E-state index contributed by atoms with van der Waals surface area (Å²) in [6, 6.07) is 0. The molecule has 2 rings (SSSR count). The van der Waals surface area contributed by atoms with E-state index >= 15 is 0 Å². The van der Waals surface area contributed by atoms with E-state index in [2.05, 4.69) is 11.8 Å². The van der Waals surface area contributed by atoms with E-state index in [1.807, 2.05) is 0 Å². The second-order valence-corrected chi connectivity index (χ2v) is 3.65. The van der Waals surface area contributed by atoms with Crippen LogP contribution in [0.3, 0.4) is 0 Å². The van der Waals surface area contributed by atoms with Crippen molar-refractivity contribution in [1.82, 2.24) is 0 Å². The highest BCUT2D eigenvalue weighted by Crippen LogP contribution is 2.32. The highest BCUT2D eigenvalue weighted by Gasteiger charge is 2.34. The van der Waals surface area contributed by atoms with Gasteiger partial charge in [-0.3, -0.25) is 0 Å². The lowest BCUT2D eigenvalue weighted by Crippen LogP contribution is -2.05. The average Bonchev–Trinajstić information content (AvgIpc) is 2.49. The van der Waals surface area contributed by atoms with E-state index in [4.69, 9.17) is 4.74 Å². The predicted octanol–water partition coefficient (Wildman–Crippen LogP) is 1.14. The summed E-state index contributed by atoms with van der Waals surface area (Å²) in [5.74, 6) is 3.63. The zero-order chi connectivity index (χ0) is 5.40. The van der Waals surface area contributed by atoms with E-state index in [1.54, 1.807) is 0 Å². The van der Waals surface area contributed by atoms with Gasteiger partial charge in [0.05, 0.1) is 12.7 Å². The van der Waals surface area contributed by atoms with Gasteiger partial charge in [0, 0.05) is 0 Å². The summed E-state index contributed by atoms with van der Waals surface area (Å²) >= 11 is 2.07. The lowest BCUT2D eigenvalue weighted by atomic mass is 10.1. The van der Waals surface area contributed by atoms with Crippen LogP contribution in [0.1, 0.15) is 6.42 Å². The van der Waals surface area contributed by atoms with Gasteiger partial charge < -0.3 is 4.74 Å². The van der Waals surface area contributed by atoms with Gasteiger partial charge in [-0.2, -0.15) is 11.8 Å². The van der Waals surface area contributed by atoms with Gasteiger partial charge >= 0.3 is 0 Å². The van der Waals surface area contributed by atoms with Crippen LogP contribution in [0.2, 0.25) is 0 Å². The molecule has 0 amide bonds. The molecule has 1 unspecified atom stereocenters. The summed E-state index contributed by atoms with van der Waals surface area (Å²) in [6.45, 7) is 1.05. The van der Waals surface area contributed by atoms with Crippen molar-refractivity contribution < 1.29 is 4.74 Å². The van der Waals surface area contributed by atoms with Crippen molar-refractivity contribution in [3.05, 3.63) is 0 Å². The van der Waals surface area contributed by atoms with Gasteiger partial charge in [-0.25, -0.2) is 0 Å². The minimum Gasteiger partial charge on any atom is -0.373 e. The zero-order valence-corrected chi connectivity index (χ0v) is 5.62. The Labute approximate surface area is 53.8 Å². The molecule has 2 saturated heterocycles. The van der Waals surface area contributed by atoms with Gasteiger partial charge in [-0.05, 0) is 23.8 Å². The Hall–Kier alpha value is 0.310. The van der Waals surface area contributed by atoms with Crippen molar-refractivity contribution in [3.8, 4) is 0 Å². The van der Waals surface area contributed by atoms with E-state index in [9.17, 15) is 0 Å². The minimum absolute atomic E-state index is 0.671. The number of ether oxygens (including phenoxy) is 1. The van der Waals surface area contributed by atoms with Crippen LogP contribution in [0, 0.1) is 5.92 Å². The van der Waals surface area contributed by atoms with Gasteiger partial charge in [0.15, 0.2) is 0 Å². The fourth-order valence-electron chi connectivity index (χ4n) is 1.17. The number of rotatable bonds is 1. The normalized spacial score (nSPS) is 45.0. The highest BCUT2D eigenvalue weighted by atomic mass is 32.2. The second-order valence-electron chi connectivity index (χ2n) is 2.50. The van der Waals surface area contributed by atoms with Crippen LogP contribution >= 0.6 is 11.8 Å². The summed E-state index contributed by atoms with van der Waals surface area (Å²) in [6.07, 6.45) is 2.07. The van der Waals surface area contributed by atoms with Gasteiger partial charge in [0.1, 0.15) is 0 Å². The molecule has 0 bridgehead atoms. The Morgan fingerprint density at radius 1 is 1.50 bits per heavy atom. The van der Waals surface area contributed by atoms with Crippen molar-refractivity contribution in [2.24, 2.45) is 5.92 Å². The minimum atomic E-state index is 0.671. The molecule has 0 spiro atoms. The maximum Gasteiger partial charge on any atom is 0.0846 e. The van der Waals surface area contributed by atoms with Crippen LogP contribution in [0.15, 0.2) is 0 Å². The standard InChI is InChI=1S/C6H10OS/c1-2-8-4-5(1)6-3-7-6/h5-6H,1-4H2/t5?,6-/m1/s1. The molecule has 8 heavy (non-hydrogen) atoms. The largest absolute Gasteiger partial charge is 0.373 e. The molecule has 2 aliphatic heterocycles. The average molecular weight is 130 g/mol. The first-order chi connectivity index (χ1) is 3.97. The van der Waals surface area contributed by atoms with E-state index in [1.165, 1.54) is 17.9 Å². The molecule has 0 aromatic rings. The second kappa shape index (κ2) is 1.92. The van der Waals surface area contributed by atoms with Crippen molar-refractivity contribution in [2.45, 2.75) is 12.5 Å². The molecule has 2 atom stereocenters. The van der Waals surface area contributed by atoms with Gasteiger partial charge in [-0.1, -0.05) is 0 Å².